The fraction of sp³-hybridized carbons (Fsp3) is 0.769. The van der Waals surface area contributed by atoms with Gasteiger partial charge in [0, 0.05) is 31.6 Å². The second-order valence-corrected chi connectivity index (χ2v) is 5.72. The molecule has 0 bridgehead atoms. The lowest BCUT2D eigenvalue weighted by Crippen LogP contribution is -2.45. The van der Waals surface area contributed by atoms with Crippen LogP contribution in [0.25, 0.3) is 0 Å². The van der Waals surface area contributed by atoms with Crippen LogP contribution in [0, 0.1) is 5.41 Å². The summed E-state index contributed by atoms with van der Waals surface area (Å²) >= 11 is 0. The van der Waals surface area contributed by atoms with Gasteiger partial charge in [0.05, 0.1) is 12.6 Å². The zero-order chi connectivity index (χ0) is 13.6. The molecule has 1 heterocycles. The third-order valence-electron chi connectivity index (χ3n) is 3.02. The van der Waals surface area contributed by atoms with E-state index in [4.69, 9.17) is 5.11 Å². The highest BCUT2D eigenvalue weighted by Crippen LogP contribution is 2.21. The van der Waals surface area contributed by atoms with Gasteiger partial charge in [0.15, 0.2) is 0 Å². The van der Waals surface area contributed by atoms with Crippen molar-refractivity contribution < 1.29 is 10.2 Å². The Kier molecular flexibility index (Phi) is 5.78. The number of hydrogen-bond acceptors (Lipinski definition) is 4. The molecule has 104 valence electrons. The van der Waals surface area contributed by atoms with Crippen molar-refractivity contribution in [1.29, 1.82) is 0 Å². The highest BCUT2D eigenvalue weighted by atomic mass is 16.3. The van der Waals surface area contributed by atoms with Crippen LogP contribution in [0.3, 0.4) is 0 Å². The summed E-state index contributed by atoms with van der Waals surface area (Å²) in [5.74, 6) is 0. The Morgan fingerprint density at radius 2 is 2.11 bits per heavy atom. The molecule has 0 saturated carbocycles. The molecule has 0 aliphatic carbocycles. The molecule has 1 rings (SSSR count). The van der Waals surface area contributed by atoms with Gasteiger partial charge in [-0.1, -0.05) is 20.8 Å². The number of nitrogens with one attached hydrogen (secondary N) is 1. The molecule has 3 N–H and O–H groups in total. The first-order valence-corrected chi connectivity index (χ1v) is 6.43. The lowest BCUT2D eigenvalue weighted by Gasteiger charge is -2.32. The van der Waals surface area contributed by atoms with E-state index in [0.29, 0.717) is 19.5 Å². The lowest BCUT2D eigenvalue weighted by atomic mass is 9.85. The van der Waals surface area contributed by atoms with Gasteiger partial charge in [-0.2, -0.15) is 5.10 Å². The quantitative estimate of drug-likeness (QED) is 0.668. The minimum atomic E-state index is -0.478. The Hall–Kier alpha value is -0.910. The Labute approximate surface area is 109 Å². The Morgan fingerprint density at radius 1 is 1.39 bits per heavy atom. The van der Waals surface area contributed by atoms with Crippen LogP contribution in [0.1, 0.15) is 27.2 Å². The van der Waals surface area contributed by atoms with Gasteiger partial charge in [0.25, 0.3) is 0 Å². The Morgan fingerprint density at radius 3 is 2.61 bits per heavy atom. The molecule has 2 atom stereocenters. The molecule has 0 aliphatic heterocycles. The summed E-state index contributed by atoms with van der Waals surface area (Å²) in [6.07, 6.45) is 3.74. The molecule has 0 aromatic carbocycles. The van der Waals surface area contributed by atoms with E-state index in [0.717, 1.165) is 0 Å². The largest absolute Gasteiger partial charge is 0.396 e. The van der Waals surface area contributed by atoms with Gasteiger partial charge < -0.3 is 15.5 Å². The fourth-order valence-corrected chi connectivity index (χ4v) is 1.94. The molecular formula is C13H25N3O2. The van der Waals surface area contributed by atoms with Crippen LogP contribution in [0.5, 0.6) is 0 Å². The molecule has 0 fully saturated rings. The molecule has 1 aromatic heterocycles. The van der Waals surface area contributed by atoms with Crippen LogP contribution in [0.2, 0.25) is 0 Å². The van der Waals surface area contributed by atoms with Crippen LogP contribution < -0.4 is 5.32 Å². The minimum absolute atomic E-state index is 0.0636. The number of aliphatic hydroxyl groups excluding tert-OH is 2. The van der Waals surface area contributed by atoms with E-state index < -0.39 is 6.10 Å². The molecule has 2 unspecified atom stereocenters. The van der Waals surface area contributed by atoms with Crippen molar-refractivity contribution in [3.63, 3.8) is 0 Å². The summed E-state index contributed by atoms with van der Waals surface area (Å²) in [6.45, 7) is 7.52. The highest BCUT2D eigenvalue weighted by molar-refractivity contribution is 4.82. The fourth-order valence-electron chi connectivity index (χ4n) is 1.94. The maximum absolute atomic E-state index is 9.92. The van der Waals surface area contributed by atoms with Crippen molar-refractivity contribution in [2.24, 2.45) is 5.41 Å². The van der Waals surface area contributed by atoms with E-state index in [1.54, 1.807) is 10.9 Å². The van der Waals surface area contributed by atoms with Gasteiger partial charge >= 0.3 is 0 Å². The van der Waals surface area contributed by atoms with Gasteiger partial charge in [-0.3, -0.25) is 4.68 Å². The second kappa shape index (κ2) is 6.87. The van der Waals surface area contributed by atoms with Crippen LogP contribution >= 0.6 is 0 Å². The predicted octanol–water partition coefficient (Wildman–Crippen LogP) is 0.631. The van der Waals surface area contributed by atoms with Crippen molar-refractivity contribution in [1.82, 2.24) is 15.1 Å². The molecule has 0 aliphatic rings. The average Bonchev–Trinajstić information content (AvgIpc) is 2.75. The average molecular weight is 255 g/mol. The molecule has 0 saturated heterocycles. The summed E-state index contributed by atoms with van der Waals surface area (Å²) in [6, 6.07) is 2.03. The van der Waals surface area contributed by atoms with Gasteiger partial charge in [0.1, 0.15) is 0 Å². The number of nitrogens with zero attached hydrogens (tertiary/aromatic N) is 2. The molecule has 18 heavy (non-hydrogen) atoms. The summed E-state index contributed by atoms with van der Waals surface area (Å²) < 4.78 is 1.71. The molecule has 0 radical (unpaired) electrons. The first kappa shape index (κ1) is 15.1. The van der Waals surface area contributed by atoms with Gasteiger partial charge in [-0.05, 0) is 17.9 Å². The van der Waals surface area contributed by atoms with Crippen LogP contribution in [0.4, 0.5) is 0 Å². The minimum Gasteiger partial charge on any atom is -0.396 e. The van der Waals surface area contributed by atoms with E-state index >= 15 is 0 Å². The summed E-state index contributed by atoms with van der Waals surface area (Å²) in [5.41, 5.74) is 0.0636. The van der Waals surface area contributed by atoms with E-state index in [-0.39, 0.29) is 18.1 Å². The third-order valence-corrected chi connectivity index (χ3v) is 3.02. The number of rotatable bonds is 7. The number of aromatic nitrogens is 2. The highest BCUT2D eigenvalue weighted by Gasteiger charge is 2.24. The van der Waals surface area contributed by atoms with E-state index in [1.165, 1.54) is 0 Å². The van der Waals surface area contributed by atoms with Crippen LogP contribution in [-0.2, 0) is 6.54 Å². The maximum atomic E-state index is 9.92. The zero-order valence-electron chi connectivity index (χ0n) is 11.5. The van der Waals surface area contributed by atoms with Crippen LogP contribution in [-0.4, -0.2) is 45.3 Å². The van der Waals surface area contributed by atoms with E-state index in [2.05, 4.69) is 31.2 Å². The zero-order valence-corrected chi connectivity index (χ0v) is 11.5. The molecule has 0 amide bonds. The Bertz CT molecular complexity index is 319. The first-order chi connectivity index (χ1) is 8.43. The van der Waals surface area contributed by atoms with Gasteiger partial charge in [0.2, 0.25) is 0 Å². The topological polar surface area (TPSA) is 70.3 Å². The number of hydrogen-bond donors (Lipinski definition) is 3. The summed E-state index contributed by atoms with van der Waals surface area (Å²) in [5, 5.41) is 26.4. The van der Waals surface area contributed by atoms with Crippen molar-refractivity contribution in [3.8, 4) is 0 Å². The molecule has 5 nitrogen and oxygen atoms in total. The van der Waals surface area contributed by atoms with Crippen molar-refractivity contribution in [2.75, 3.05) is 13.2 Å². The van der Waals surface area contributed by atoms with Crippen LogP contribution in [0.15, 0.2) is 18.5 Å². The molecule has 5 heteroatoms. The van der Waals surface area contributed by atoms with Gasteiger partial charge in [-0.15, -0.1) is 0 Å². The van der Waals surface area contributed by atoms with Crippen molar-refractivity contribution >= 4 is 0 Å². The summed E-state index contributed by atoms with van der Waals surface area (Å²) in [7, 11) is 0. The summed E-state index contributed by atoms with van der Waals surface area (Å²) in [4.78, 5) is 0. The predicted molar refractivity (Wildman–Crippen MR) is 71.2 cm³/mol. The molecule has 0 spiro atoms. The lowest BCUT2D eigenvalue weighted by molar-refractivity contribution is 0.124. The second-order valence-electron chi connectivity index (χ2n) is 5.72. The van der Waals surface area contributed by atoms with Gasteiger partial charge in [-0.25, -0.2) is 0 Å². The third kappa shape index (κ3) is 5.16. The van der Waals surface area contributed by atoms with Crippen molar-refractivity contribution in [3.05, 3.63) is 18.5 Å². The van der Waals surface area contributed by atoms with E-state index in [1.807, 2.05) is 12.3 Å². The molecule has 1 aromatic rings. The SMILES string of the molecule is CC(C)(C)C(CCO)NCC(O)Cn1cccn1. The normalized spacial score (nSPS) is 15.6. The first-order valence-electron chi connectivity index (χ1n) is 6.43. The standard InChI is InChI=1S/C13H25N3O2/c1-13(2,3)12(5-8-17)14-9-11(18)10-16-7-4-6-15-16/h4,6-7,11-12,14,17-18H,5,8-10H2,1-3H3. The van der Waals surface area contributed by atoms with E-state index in [9.17, 15) is 5.11 Å². The smallest absolute Gasteiger partial charge is 0.0860 e. The molecular weight excluding hydrogens is 230 g/mol. The van der Waals surface area contributed by atoms with Crippen molar-refractivity contribution in [2.45, 2.75) is 45.9 Å². The monoisotopic (exact) mass is 255 g/mol. The maximum Gasteiger partial charge on any atom is 0.0860 e. The number of aliphatic hydroxyl groups is 2. The Balaban J connectivity index is 2.37.